The third-order valence-corrected chi connectivity index (χ3v) is 3.87. The van der Waals surface area contributed by atoms with Gasteiger partial charge in [-0.1, -0.05) is 12.1 Å². The summed E-state index contributed by atoms with van der Waals surface area (Å²) in [6.45, 7) is 1.14. The van der Waals surface area contributed by atoms with Gasteiger partial charge < -0.3 is 48.5 Å². The van der Waals surface area contributed by atoms with Crippen molar-refractivity contribution in [2.75, 3.05) is 18.6 Å². The third kappa shape index (κ3) is 25.2. The van der Waals surface area contributed by atoms with Crippen LogP contribution in [0.2, 0.25) is 0 Å². The molecule has 1 rings (SSSR count). The number of hydrogen-bond acceptors (Lipinski definition) is 10. The van der Waals surface area contributed by atoms with E-state index in [0.717, 1.165) is 11.3 Å². The number of aliphatic carboxylic acids is 4. The van der Waals surface area contributed by atoms with Crippen molar-refractivity contribution in [3.05, 3.63) is 29.8 Å². The Bertz CT molecular complexity index is 703. The molecule has 0 saturated heterocycles. The molecule has 33 heavy (non-hydrogen) atoms. The molecule has 190 valence electrons. The van der Waals surface area contributed by atoms with E-state index in [1.54, 1.807) is 23.9 Å². The molecular formula is C19H34N4O9S. The first-order valence-corrected chi connectivity index (χ1v) is 10.7. The average molecular weight is 495 g/mol. The largest absolute Gasteiger partial charge is 0.508 e. The molecule has 0 aliphatic heterocycles. The van der Waals surface area contributed by atoms with Crippen LogP contribution < -0.4 is 22.9 Å². The van der Waals surface area contributed by atoms with E-state index in [1.165, 1.54) is 19.1 Å². The summed E-state index contributed by atoms with van der Waals surface area (Å²) in [6, 6.07) is 4.01. The van der Waals surface area contributed by atoms with Crippen LogP contribution in [0.25, 0.3) is 0 Å². The number of phenolic OH excluding ortho intramolecular Hbond substituents is 1. The zero-order valence-electron chi connectivity index (χ0n) is 18.5. The molecule has 1 aromatic carbocycles. The molecule has 0 spiro atoms. The molecular weight excluding hydrogens is 460 g/mol. The summed E-state index contributed by atoms with van der Waals surface area (Å²) in [6.07, 6.45) is 2.75. The van der Waals surface area contributed by atoms with Crippen molar-refractivity contribution in [1.82, 2.24) is 0 Å². The number of carboxylic acids is 4. The summed E-state index contributed by atoms with van der Waals surface area (Å²) in [5, 5.41) is 41.2. The maximum absolute atomic E-state index is 10.4. The molecule has 0 saturated carbocycles. The lowest BCUT2D eigenvalue weighted by atomic mass is 10.1. The maximum atomic E-state index is 10.4. The number of rotatable bonds is 9. The number of carbonyl (C=O) groups is 4. The van der Waals surface area contributed by atoms with Crippen LogP contribution in [0.1, 0.15) is 18.9 Å². The molecule has 0 bridgehead atoms. The Morgan fingerprint density at radius 2 is 1.27 bits per heavy atom. The highest BCUT2D eigenvalue weighted by Gasteiger charge is 2.11. The van der Waals surface area contributed by atoms with Gasteiger partial charge in [0, 0.05) is 0 Å². The van der Waals surface area contributed by atoms with Gasteiger partial charge in [-0.3, -0.25) is 19.2 Å². The Balaban J connectivity index is -0.000000393. The minimum Gasteiger partial charge on any atom is -0.508 e. The predicted molar refractivity (Wildman–Crippen MR) is 124 cm³/mol. The van der Waals surface area contributed by atoms with Crippen molar-refractivity contribution >= 4 is 35.6 Å². The van der Waals surface area contributed by atoms with Gasteiger partial charge >= 0.3 is 23.9 Å². The van der Waals surface area contributed by atoms with Crippen LogP contribution in [-0.2, 0) is 25.6 Å². The van der Waals surface area contributed by atoms with E-state index < -0.39 is 42.0 Å². The first-order chi connectivity index (χ1) is 15.2. The average Bonchev–Trinajstić information content (AvgIpc) is 2.74. The summed E-state index contributed by atoms with van der Waals surface area (Å²) in [5.41, 5.74) is 20.7. The lowest BCUT2D eigenvalue weighted by Crippen LogP contribution is -2.32. The molecule has 1 aromatic rings. The summed E-state index contributed by atoms with van der Waals surface area (Å²) < 4.78 is 0. The van der Waals surface area contributed by atoms with Gasteiger partial charge in [0.15, 0.2) is 0 Å². The van der Waals surface area contributed by atoms with Crippen LogP contribution in [0.4, 0.5) is 0 Å². The fourth-order valence-corrected chi connectivity index (χ4v) is 1.83. The number of aromatic hydroxyl groups is 1. The second kappa shape index (κ2) is 21.0. The number of thioether (sulfide) groups is 1. The molecule has 3 unspecified atom stereocenters. The number of hydrogen-bond donors (Lipinski definition) is 9. The predicted octanol–water partition coefficient (Wildman–Crippen LogP) is -1.05. The monoisotopic (exact) mass is 494 g/mol. The molecule has 14 heteroatoms. The zero-order valence-corrected chi connectivity index (χ0v) is 19.3. The molecule has 3 atom stereocenters. The van der Waals surface area contributed by atoms with Gasteiger partial charge in [-0.25, -0.2) is 0 Å². The van der Waals surface area contributed by atoms with Crippen molar-refractivity contribution < 1.29 is 44.7 Å². The first-order valence-electron chi connectivity index (χ1n) is 9.33. The van der Waals surface area contributed by atoms with E-state index in [4.69, 9.17) is 42.7 Å². The summed E-state index contributed by atoms with van der Waals surface area (Å²) in [7, 11) is 0. The summed E-state index contributed by atoms with van der Waals surface area (Å²) >= 11 is 1.60. The quantitative estimate of drug-likeness (QED) is 0.198. The Labute approximate surface area is 195 Å². The van der Waals surface area contributed by atoms with Crippen molar-refractivity contribution in [3.8, 4) is 5.75 Å². The Morgan fingerprint density at radius 3 is 1.55 bits per heavy atom. The van der Waals surface area contributed by atoms with Gasteiger partial charge in [-0.15, -0.1) is 0 Å². The van der Waals surface area contributed by atoms with Crippen LogP contribution >= 0.6 is 11.8 Å². The van der Waals surface area contributed by atoms with Crippen molar-refractivity contribution in [2.45, 2.75) is 37.9 Å². The fraction of sp³-hybridized carbons (Fsp3) is 0.474. The van der Waals surface area contributed by atoms with Gasteiger partial charge in [-0.2, -0.15) is 11.8 Å². The minimum absolute atomic E-state index is 0.160. The Kier molecular flexibility index (Phi) is 22.0. The number of nitrogens with two attached hydrogens (primary N) is 4. The van der Waals surface area contributed by atoms with E-state index in [0.29, 0.717) is 6.42 Å². The third-order valence-electron chi connectivity index (χ3n) is 3.22. The van der Waals surface area contributed by atoms with Gasteiger partial charge in [-0.05, 0) is 49.5 Å². The second-order valence-corrected chi connectivity index (χ2v) is 7.25. The smallest absolute Gasteiger partial charge is 0.320 e. The first kappa shape index (κ1) is 34.7. The lowest BCUT2D eigenvalue weighted by molar-refractivity contribution is -0.139. The minimum atomic E-state index is -1.02. The Morgan fingerprint density at radius 1 is 0.879 bits per heavy atom. The number of carboxylic acid groups (broad SMARTS) is 4. The van der Waals surface area contributed by atoms with Crippen LogP contribution in [0.15, 0.2) is 24.3 Å². The lowest BCUT2D eigenvalue weighted by Gasteiger charge is -2.05. The van der Waals surface area contributed by atoms with E-state index in [2.05, 4.69) is 5.73 Å². The normalized spacial score (nSPS) is 12.1. The molecule has 13 nitrogen and oxygen atoms in total. The SMILES string of the molecule is CC(N)C(=O)O.CSCCC(N)C(=O)O.NC(Cc1ccc(O)cc1)C(=O)O.NCC(=O)O. The van der Waals surface area contributed by atoms with E-state index in [1.807, 2.05) is 6.26 Å². The molecule has 0 fully saturated rings. The molecule has 0 radical (unpaired) electrons. The highest BCUT2D eigenvalue weighted by atomic mass is 32.2. The molecule has 0 aliphatic carbocycles. The highest BCUT2D eigenvalue weighted by Crippen LogP contribution is 2.10. The molecule has 13 N–H and O–H groups in total. The van der Waals surface area contributed by atoms with Crippen LogP contribution in [0.3, 0.4) is 0 Å². The van der Waals surface area contributed by atoms with Gasteiger partial charge in [0.1, 0.15) is 23.9 Å². The molecule has 0 aromatic heterocycles. The van der Waals surface area contributed by atoms with Crippen molar-refractivity contribution in [3.63, 3.8) is 0 Å². The van der Waals surface area contributed by atoms with Crippen LogP contribution in [0.5, 0.6) is 5.75 Å². The Hall–Kier alpha value is -2.91. The number of benzene rings is 1. The molecule has 0 aliphatic rings. The van der Waals surface area contributed by atoms with Crippen LogP contribution in [0, 0.1) is 0 Å². The van der Waals surface area contributed by atoms with Crippen molar-refractivity contribution in [1.29, 1.82) is 0 Å². The van der Waals surface area contributed by atoms with Gasteiger partial charge in [0.2, 0.25) is 0 Å². The van der Waals surface area contributed by atoms with E-state index >= 15 is 0 Å². The van der Waals surface area contributed by atoms with Gasteiger partial charge in [0.25, 0.3) is 0 Å². The van der Waals surface area contributed by atoms with Gasteiger partial charge in [0.05, 0.1) is 6.54 Å². The number of phenols is 1. The van der Waals surface area contributed by atoms with E-state index in [-0.39, 0.29) is 18.7 Å². The summed E-state index contributed by atoms with van der Waals surface area (Å²) in [4.78, 5) is 39.3. The van der Waals surface area contributed by atoms with Crippen molar-refractivity contribution in [2.24, 2.45) is 22.9 Å². The van der Waals surface area contributed by atoms with E-state index in [9.17, 15) is 19.2 Å². The maximum Gasteiger partial charge on any atom is 0.320 e. The molecule has 0 amide bonds. The van der Waals surface area contributed by atoms with Crippen LogP contribution in [-0.4, -0.2) is 86.1 Å². The molecule has 0 heterocycles. The second-order valence-electron chi connectivity index (χ2n) is 6.27. The standard InChI is InChI=1S/C9H11NO3.C5H11NO2S.C3H7NO2.C2H5NO2/c10-8(9(12)13)5-6-1-3-7(11)4-2-6;1-9-3-2-4(6)5(7)8;1-2(4)3(5)6;3-1-2(4)5/h1-4,8,11H,5,10H2,(H,12,13);4H,2-3,6H2,1H3,(H,7,8);2H,4H2,1H3,(H,5,6);1,3H2,(H,4,5). The highest BCUT2D eigenvalue weighted by molar-refractivity contribution is 7.98. The topological polar surface area (TPSA) is 274 Å². The summed E-state index contributed by atoms with van der Waals surface area (Å²) in [5.74, 6) is -2.89. The fourth-order valence-electron chi connectivity index (χ4n) is 1.34. The zero-order chi connectivity index (χ0) is 26.6.